The van der Waals surface area contributed by atoms with Gasteiger partial charge in [0.15, 0.2) is 12.5 Å². The highest BCUT2D eigenvalue weighted by molar-refractivity contribution is 5.77. The molecule has 16 heteroatoms. The predicted octanol–water partition coefficient (Wildman–Crippen LogP) is -4.94. The second-order valence-corrected chi connectivity index (χ2v) is 9.67. The van der Waals surface area contributed by atoms with Crippen molar-refractivity contribution < 1.29 is 59.3 Å². The molecule has 10 N–H and O–H groups in total. The number of nitrogens with one attached hydrogen (secondary N) is 4. The van der Waals surface area contributed by atoms with E-state index in [1.54, 1.807) is 0 Å². The van der Waals surface area contributed by atoms with Gasteiger partial charge in [-0.15, -0.1) is 0 Å². The number of ether oxygens (including phenoxy) is 2. The van der Waals surface area contributed by atoms with E-state index in [1.165, 1.54) is 13.8 Å². The van der Waals surface area contributed by atoms with Gasteiger partial charge in [-0.1, -0.05) is 6.42 Å². The lowest BCUT2D eigenvalue weighted by Crippen LogP contribution is -2.68. The van der Waals surface area contributed by atoms with Crippen molar-refractivity contribution in [2.24, 2.45) is 0 Å². The number of hydrogen-bond donors (Lipinski definition) is 10. The summed E-state index contributed by atoms with van der Waals surface area (Å²) in [6.07, 6.45) is -9.37. The van der Waals surface area contributed by atoms with E-state index in [0.717, 1.165) is 0 Å². The van der Waals surface area contributed by atoms with E-state index in [2.05, 4.69) is 21.3 Å². The van der Waals surface area contributed by atoms with Gasteiger partial charge in [-0.05, 0) is 12.8 Å². The van der Waals surface area contributed by atoms with Gasteiger partial charge in [0.25, 0.3) is 0 Å². The molecule has 2 saturated heterocycles. The molecule has 2 rings (SSSR count). The molecule has 39 heavy (non-hydrogen) atoms. The van der Waals surface area contributed by atoms with Gasteiger partial charge in [0.05, 0.1) is 13.2 Å². The van der Waals surface area contributed by atoms with Crippen molar-refractivity contribution in [3.63, 3.8) is 0 Å². The van der Waals surface area contributed by atoms with Gasteiger partial charge in [-0.25, -0.2) is 0 Å². The SMILES string of the molecule is CC(=O)N[C@@H]1[C@@H](O)[C@H](O)[C@@H](CO)O[C@H]1NC(=O)CCCCCC(=O)N[C@@H]1O[C@H](CO)[C@@H](O)[C@H](O)[C@H]1NC(C)=O. The van der Waals surface area contributed by atoms with Crippen molar-refractivity contribution in [2.75, 3.05) is 13.2 Å². The number of aliphatic hydroxyl groups is 6. The highest BCUT2D eigenvalue weighted by Gasteiger charge is 2.46. The summed E-state index contributed by atoms with van der Waals surface area (Å²) in [5, 5.41) is 69.3. The minimum atomic E-state index is -1.49. The average Bonchev–Trinajstić information content (AvgIpc) is 2.87. The molecule has 0 radical (unpaired) electrons. The van der Waals surface area contributed by atoms with E-state index in [4.69, 9.17) is 9.47 Å². The van der Waals surface area contributed by atoms with Gasteiger partial charge < -0.3 is 61.4 Å². The number of hydrogen-bond acceptors (Lipinski definition) is 12. The van der Waals surface area contributed by atoms with E-state index in [9.17, 15) is 49.8 Å². The third-order valence-corrected chi connectivity index (χ3v) is 6.51. The van der Waals surface area contributed by atoms with Crippen molar-refractivity contribution in [1.29, 1.82) is 0 Å². The average molecular weight is 565 g/mol. The zero-order chi connectivity index (χ0) is 29.3. The molecule has 224 valence electrons. The molecule has 0 aromatic heterocycles. The maximum atomic E-state index is 12.4. The van der Waals surface area contributed by atoms with Crippen molar-refractivity contribution in [1.82, 2.24) is 21.3 Å². The third-order valence-electron chi connectivity index (χ3n) is 6.51. The summed E-state index contributed by atoms with van der Waals surface area (Å²) in [7, 11) is 0. The summed E-state index contributed by atoms with van der Waals surface area (Å²) in [5.41, 5.74) is 0. The van der Waals surface area contributed by atoms with Crippen molar-refractivity contribution in [2.45, 2.75) is 107 Å². The minimum absolute atomic E-state index is 0.0231. The van der Waals surface area contributed by atoms with Crippen LogP contribution in [0.15, 0.2) is 0 Å². The van der Waals surface area contributed by atoms with Crippen LogP contribution in [0, 0.1) is 0 Å². The van der Waals surface area contributed by atoms with Crippen molar-refractivity contribution in [3.8, 4) is 0 Å². The van der Waals surface area contributed by atoms with Crippen LogP contribution >= 0.6 is 0 Å². The Kier molecular flexibility index (Phi) is 12.9. The molecule has 2 fully saturated rings. The molecule has 4 amide bonds. The molecule has 2 heterocycles. The zero-order valence-corrected chi connectivity index (χ0v) is 21.9. The first-order valence-electron chi connectivity index (χ1n) is 12.8. The van der Waals surface area contributed by atoms with Crippen LogP contribution in [0.4, 0.5) is 0 Å². The van der Waals surface area contributed by atoms with E-state index < -0.39 is 98.0 Å². The number of aliphatic hydroxyl groups excluding tert-OH is 6. The third kappa shape index (κ3) is 9.32. The molecule has 0 saturated carbocycles. The van der Waals surface area contributed by atoms with Gasteiger partial charge in [0.1, 0.15) is 48.7 Å². The van der Waals surface area contributed by atoms with Gasteiger partial charge >= 0.3 is 0 Å². The summed E-state index contributed by atoms with van der Waals surface area (Å²) in [6.45, 7) is 1.17. The Bertz CT molecular complexity index is 782. The molecule has 0 aromatic rings. The van der Waals surface area contributed by atoms with Gasteiger partial charge in [-0.2, -0.15) is 0 Å². The fourth-order valence-electron chi connectivity index (χ4n) is 4.48. The molecule has 0 bridgehead atoms. The largest absolute Gasteiger partial charge is 0.394 e. The highest BCUT2D eigenvalue weighted by atomic mass is 16.5. The van der Waals surface area contributed by atoms with Crippen LogP contribution in [-0.2, 0) is 28.7 Å². The summed E-state index contributed by atoms with van der Waals surface area (Å²) in [6, 6.07) is -2.28. The van der Waals surface area contributed by atoms with Crippen LogP contribution < -0.4 is 21.3 Å². The van der Waals surface area contributed by atoms with E-state index in [0.29, 0.717) is 19.3 Å². The second-order valence-electron chi connectivity index (χ2n) is 9.67. The van der Waals surface area contributed by atoms with Crippen molar-refractivity contribution >= 4 is 23.6 Å². The number of rotatable bonds is 12. The first-order valence-corrected chi connectivity index (χ1v) is 12.8. The molecule has 10 atom stereocenters. The first-order chi connectivity index (χ1) is 18.4. The van der Waals surface area contributed by atoms with Gasteiger partial charge in [0, 0.05) is 26.7 Å². The molecule has 2 aliphatic rings. The summed E-state index contributed by atoms with van der Waals surface area (Å²) in [4.78, 5) is 47.8. The quantitative estimate of drug-likeness (QED) is 0.100. The molecule has 0 spiro atoms. The maximum absolute atomic E-state index is 12.4. The van der Waals surface area contributed by atoms with Crippen molar-refractivity contribution in [3.05, 3.63) is 0 Å². The number of carbonyl (C=O) groups excluding carboxylic acids is 4. The summed E-state index contributed by atoms with van der Waals surface area (Å²) in [5.74, 6) is -1.99. The number of amides is 4. The molecule has 2 aliphatic heterocycles. The van der Waals surface area contributed by atoms with E-state index >= 15 is 0 Å². The highest BCUT2D eigenvalue weighted by Crippen LogP contribution is 2.21. The molecule has 0 aromatic carbocycles. The normalized spacial score (nSPS) is 34.6. The minimum Gasteiger partial charge on any atom is -0.394 e. The smallest absolute Gasteiger partial charge is 0.222 e. The van der Waals surface area contributed by atoms with E-state index in [1.807, 2.05) is 0 Å². The Labute approximate surface area is 225 Å². The topological polar surface area (TPSA) is 256 Å². The van der Waals surface area contributed by atoms with Crippen LogP contribution in [-0.4, -0.2) is 129 Å². The van der Waals surface area contributed by atoms with Gasteiger partial charge in [0.2, 0.25) is 23.6 Å². The Morgan fingerprint density at radius 3 is 1.26 bits per heavy atom. The number of carbonyl (C=O) groups is 4. The summed E-state index contributed by atoms with van der Waals surface area (Å²) >= 11 is 0. The van der Waals surface area contributed by atoms with Crippen LogP contribution in [0.1, 0.15) is 46.0 Å². The Hall–Kier alpha value is -2.44. The van der Waals surface area contributed by atoms with Gasteiger partial charge in [-0.3, -0.25) is 19.2 Å². The lowest BCUT2D eigenvalue weighted by atomic mass is 9.95. The Balaban J connectivity index is 1.79. The zero-order valence-electron chi connectivity index (χ0n) is 21.9. The monoisotopic (exact) mass is 564 g/mol. The fourth-order valence-corrected chi connectivity index (χ4v) is 4.48. The number of unbranched alkanes of at least 4 members (excludes halogenated alkanes) is 2. The lowest BCUT2D eigenvalue weighted by Gasteiger charge is -2.42. The Morgan fingerprint density at radius 2 is 0.949 bits per heavy atom. The van der Waals surface area contributed by atoms with E-state index in [-0.39, 0.29) is 12.8 Å². The van der Waals surface area contributed by atoms with Crippen LogP contribution in [0.3, 0.4) is 0 Å². The second kappa shape index (κ2) is 15.4. The predicted molar refractivity (Wildman–Crippen MR) is 130 cm³/mol. The van der Waals surface area contributed by atoms with Crippen LogP contribution in [0.2, 0.25) is 0 Å². The Morgan fingerprint density at radius 1 is 0.590 bits per heavy atom. The fraction of sp³-hybridized carbons (Fsp3) is 0.826. The molecule has 16 nitrogen and oxygen atoms in total. The summed E-state index contributed by atoms with van der Waals surface area (Å²) < 4.78 is 10.9. The molecular weight excluding hydrogens is 524 g/mol. The maximum Gasteiger partial charge on any atom is 0.222 e. The lowest BCUT2D eigenvalue weighted by molar-refractivity contribution is -0.203. The first kappa shape index (κ1) is 32.8. The van der Waals surface area contributed by atoms with Crippen LogP contribution in [0.25, 0.3) is 0 Å². The molecular formula is C23H40N4O12. The van der Waals surface area contributed by atoms with Crippen LogP contribution in [0.5, 0.6) is 0 Å². The molecule has 0 aliphatic carbocycles. The molecule has 0 unspecified atom stereocenters. The standard InChI is InChI=1S/C23H40N4O12/c1-10(30)24-16-20(36)18(34)12(8-28)38-22(16)26-14(32)6-4-3-5-7-15(33)27-23-17(25-11(2)31)21(37)19(35)13(9-29)39-23/h12-13,16-23,28-29,34-37H,3-9H2,1-2H3,(H,24,30)(H,25,31)(H,26,32)(H,27,33)/t12-,13-,16-,17-,18-,19-,20-,21-,22-,23-/m1/s1.